The minimum absolute atomic E-state index is 0.0532. The van der Waals surface area contributed by atoms with Crippen LogP contribution in [0.3, 0.4) is 0 Å². The van der Waals surface area contributed by atoms with Crippen molar-refractivity contribution in [2.24, 2.45) is 10.2 Å². The highest BCUT2D eigenvalue weighted by molar-refractivity contribution is 7.47. The van der Waals surface area contributed by atoms with E-state index in [4.69, 9.17) is 23.3 Å². The van der Waals surface area contributed by atoms with Crippen LogP contribution in [-0.2, 0) is 55.2 Å². The van der Waals surface area contributed by atoms with E-state index >= 15 is 0 Å². The van der Waals surface area contributed by atoms with Gasteiger partial charge in [-0.05, 0) is 38.7 Å². The molecular formula is C64H102N9O13P. The number of nitro benzene ring substituents is 1. The van der Waals surface area contributed by atoms with E-state index < -0.39 is 49.6 Å². The van der Waals surface area contributed by atoms with Crippen LogP contribution in [0.15, 0.2) is 71.0 Å². The minimum Gasteiger partial charge on any atom is -0.462 e. The Morgan fingerprint density at radius 3 is 1.79 bits per heavy atom. The van der Waals surface area contributed by atoms with Gasteiger partial charge in [0.1, 0.15) is 12.7 Å². The standard InChI is InChI=1S/C64H102N9O13P/c1-4-6-8-10-12-14-16-18-20-22-24-26-33-43-61(75)82-51-56(86-62(76)44-34-27-25-23-21-19-17-15-13-11-9-7-5-2)52-84-87(80,81)83-49-47-65-60(74)42-32-29-37-48-71-50-55(66-70-71)45-46-59-67-68-63(54-38-30-28-31-39-54)69-72(59)64(77)85-53(3)57-40-35-36-41-58(57)73(78)79/h28,30-31,35-36,38-41,50,53,56H,4-27,29,32-34,37,42-49,51-52H2,1-3H3,(H,65,74)(H,68,69)(H,80,81)/t53?,56-/m0/s1. The quantitative estimate of drug-likeness (QED) is 0.0118. The van der Waals surface area contributed by atoms with Gasteiger partial charge >= 0.3 is 25.9 Å². The number of hydrazine groups is 1. The highest BCUT2D eigenvalue weighted by Gasteiger charge is 2.31. The number of aryl methyl sites for hydroxylation is 2. The predicted molar refractivity (Wildman–Crippen MR) is 336 cm³/mol. The van der Waals surface area contributed by atoms with Crippen molar-refractivity contribution in [1.82, 2.24) is 30.7 Å². The van der Waals surface area contributed by atoms with Crippen LogP contribution in [0.1, 0.15) is 256 Å². The number of nitrogens with zero attached hydrogens (tertiary/aromatic N) is 7. The van der Waals surface area contributed by atoms with E-state index in [1.54, 1.807) is 42.1 Å². The third kappa shape index (κ3) is 33.2. The van der Waals surface area contributed by atoms with Gasteiger partial charge in [0.15, 0.2) is 17.8 Å². The Hall–Kier alpha value is -6.09. The molecule has 4 rings (SSSR count). The van der Waals surface area contributed by atoms with Gasteiger partial charge in [-0.15, -0.1) is 15.3 Å². The number of phosphoric ester groups is 1. The van der Waals surface area contributed by atoms with E-state index in [9.17, 15) is 38.8 Å². The average Bonchev–Trinajstić information content (AvgIpc) is 4.16. The predicted octanol–water partition coefficient (Wildman–Crippen LogP) is 14.8. The normalized spacial score (nSPS) is 13.6. The molecule has 0 bridgehead atoms. The van der Waals surface area contributed by atoms with E-state index in [1.165, 1.54) is 128 Å². The molecule has 22 nitrogen and oxygen atoms in total. The monoisotopic (exact) mass is 1240 g/mol. The zero-order valence-corrected chi connectivity index (χ0v) is 53.3. The number of carbonyl (C=O) groups excluding carboxylic acids is 4. The van der Waals surface area contributed by atoms with Gasteiger partial charge in [0.05, 0.1) is 29.4 Å². The van der Waals surface area contributed by atoms with Crippen LogP contribution in [0.2, 0.25) is 0 Å². The first-order chi connectivity index (χ1) is 42.3. The lowest BCUT2D eigenvalue weighted by atomic mass is 10.0. The highest BCUT2D eigenvalue weighted by atomic mass is 31.2. The van der Waals surface area contributed by atoms with Crippen molar-refractivity contribution in [2.75, 3.05) is 26.4 Å². The molecule has 0 saturated carbocycles. The topological polar surface area (TPSA) is 278 Å². The fraction of sp³-hybridized carbons (Fsp3) is 0.688. The number of amidine groups is 2. The van der Waals surface area contributed by atoms with Gasteiger partial charge in [-0.25, -0.2) is 9.36 Å². The third-order valence-electron chi connectivity index (χ3n) is 15.1. The Kier molecular flexibility index (Phi) is 38.1. The van der Waals surface area contributed by atoms with Crippen LogP contribution in [-0.4, -0.2) is 97.9 Å². The van der Waals surface area contributed by atoms with E-state index in [0.717, 1.165) is 43.5 Å². The van der Waals surface area contributed by atoms with Crippen LogP contribution in [0.4, 0.5) is 10.5 Å². The fourth-order valence-corrected chi connectivity index (χ4v) is 10.8. The molecule has 1 aliphatic rings. The van der Waals surface area contributed by atoms with Gasteiger partial charge in [0, 0.05) is 63.0 Å². The Morgan fingerprint density at radius 2 is 1.20 bits per heavy atom. The second kappa shape index (κ2) is 45.2. The first-order valence-corrected chi connectivity index (χ1v) is 34.1. The number of hydrogen-bond donors (Lipinski definition) is 3. The third-order valence-corrected chi connectivity index (χ3v) is 16.1. The van der Waals surface area contributed by atoms with Crippen molar-refractivity contribution in [3.63, 3.8) is 0 Å². The molecule has 2 unspecified atom stereocenters. The largest absolute Gasteiger partial charge is 0.472 e. The molecule has 2 heterocycles. The number of esters is 2. The van der Waals surface area contributed by atoms with Crippen molar-refractivity contribution in [1.29, 1.82) is 0 Å². The van der Waals surface area contributed by atoms with Gasteiger partial charge in [-0.2, -0.15) is 5.01 Å². The lowest BCUT2D eigenvalue weighted by Crippen LogP contribution is -2.52. The molecule has 1 aromatic heterocycles. The number of phosphoric acid groups is 1. The maximum atomic E-state index is 13.6. The number of rotatable bonds is 51. The number of unbranched alkanes of at least 4 members (excludes halogenated alkanes) is 26. The molecule has 3 aromatic rings. The Bertz CT molecular complexity index is 2530. The van der Waals surface area contributed by atoms with Gasteiger partial charge < -0.3 is 24.4 Å². The maximum absolute atomic E-state index is 13.6. The van der Waals surface area contributed by atoms with Crippen LogP contribution < -0.4 is 10.7 Å². The Labute approximate surface area is 516 Å². The maximum Gasteiger partial charge on any atom is 0.472 e. The summed E-state index contributed by atoms with van der Waals surface area (Å²) in [6, 6.07) is 15.1. The molecule has 0 fully saturated rings. The number of nitro groups is 1. The summed E-state index contributed by atoms with van der Waals surface area (Å²) < 4.78 is 41.7. The smallest absolute Gasteiger partial charge is 0.462 e. The summed E-state index contributed by atoms with van der Waals surface area (Å²) in [5.74, 6) is -0.663. The number of amides is 2. The molecule has 3 atom stereocenters. The molecule has 2 aromatic carbocycles. The zero-order chi connectivity index (χ0) is 62.6. The van der Waals surface area contributed by atoms with Crippen LogP contribution in [0.5, 0.6) is 0 Å². The molecule has 1 aliphatic heterocycles. The summed E-state index contributed by atoms with van der Waals surface area (Å²) in [4.78, 5) is 73.6. The van der Waals surface area contributed by atoms with E-state index in [1.807, 2.05) is 18.2 Å². The van der Waals surface area contributed by atoms with Crippen LogP contribution in [0, 0.1) is 10.1 Å². The molecule has 3 N–H and O–H groups in total. The molecule has 23 heteroatoms. The number of ether oxygens (including phenoxy) is 3. The lowest BCUT2D eigenvalue weighted by molar-refractivity contribution is -0.386. The second-order valence-corrected chi connectivity index (χ2v) is 24.1. The average molecular weight is 1240 g/mol. The summed E-state index contributed by atoms with van der Waals surface area (Å²) in [5.41, 5.74) is 4.35. The highest BCUT2D eigenvalue weighted by Crippen LogP contribution is 2.43. The van der Waals surface area contributed by atoms with Gasteiger partial charge in [0.25, 0.3) is 5.69 Å². The summed E-state index contributed by atoms with van der Waals surface area (Å²) in [7, 11) is -4.65. The Balaban J connectivity index is 1.13. The number of carbonyl (C=O) groups is 4. The second-order valence-electron chi connectivity index (χ2n) is 22.6. The molecule has 486 valence electrons. The van der Waals surface area contributed by atoms with E-state index in [2.05, 4.69) is 45.1 Å². The van der Waals surface area contributed by atoms with Crippen molar-refractivity contribution in [3.05, 3.63) is 87.7 Å². The number of aromatic nitrogens is 3. The zero-order valence-electron chi connectivity index (χ0n) is 52.4. The summed E-state index contributed by atoms with van der Waals surface area (Å²) >= 11 is 0. The molecule has 2 amide bonds. The number of para-hydroxylation sites is 1. The molecule has 0 spiro atoms. The molecule has 0 radical (unpaired) electrons. The molecule has 0 saturated heterocycles. The van der Waals surface area contributed by atoms with Crippen molar-refractivity contribution >= 4 is 49.1 Å². The van der Waals surface area contributed by atoms with Crippen molar-refractivity contribution in [3.8, 4) is 0 Å². The van der Waals surface area contributed by atoms with Crippen LogP contribution >= 0.6 is 7.82 Å². The van der Waals surface area contributed by atoms with Crippen molar-refractivity contribution in [2.45, 2.75) is 258 Å². The number of nitrogens with one attached hydrogen (secondary N) is 2. The SMILES string of the molecule is CCCCCCCCCCCCCCCC(=O)OC[C@@H](COP(=O)(O)OCCNC(=O)CCCCCn1cc(CCC2=NN=C(c3ccccc3)NN2C(=O)OC(C)c2ccccc2[N+](=O)[O-])nn1)OC(=O)CCCCCCCCCCCCCCC. The fourth-order valence-electron chi connectivity index (χ4n) is 10.0. The number of hydrogen-bond acceptors (Lipinski definition) is 17. The number of benzene rings is 2. The van der Waals surface area contributed by atoms with E-state index in [0.29, 0.717) is 62.2 Å². The summed E-state index contributed by atoms with van der Waals surface area (Å²) in [6.07, 6.45) is 32.7. The van der Waals surface area contributed by atoms with E-state index in [-0.39, 0.29) is 68.4 Å². The first kappa shape index (κ1) is 73.4. The molecule has 0 aliphatic carbocycles. The van der Waals surface area contributed by atoms with Crippen LogP contribution in [0.25, 0.3) is 0 Å². The minimum atomic E-state index is -4.65. The van der Waals surface area contributed by atoms with Gasteiger partial charge in [-0.1, -0.05) is 222 Å². The Morgan fingerprint density at radius 1 is 0.655 bits per heavy atom. The van der Waals surface area contributed by atoms with Gasteiger partial charge in [0.2, 0.25) is 5.91 Å². The molecular weight excluding hydrogens is 1130 g/mol. The molecule has 87 heavy (non-hydrogen) atoms. The van der Waals surface area contributed by atoms with Gasteiger partial charge in [-0.3, -0.25) is 43.7 Å². The van der Waals surface area contributed by atoms with Crippen molar-refractivity contribution < 1.29 is 56.8 Å². The first-order valence-electron chi connectivity index (χ1n) is 32.6. The summed E-state index contributed by atoms with van der Waals surface area (Å²) in [6.45, 7) is 5.33. The lowest BCUT2D eigenvalue weighted by Gasteiger charge is -2.28. The summed E-state index contributed by atoms with van der Waals surface area (Å²) in [5, 5.41) is 32.7.